The maximum atomic E-state index is 12.6. The Bertz CT molecular complexity index is 1040. The molecule has 33 heavy (non-hydrogen) atoms. The van der Waals surface area contributed by atoms with E-state index in [1.807, 2.05) is 48.5 Å². The highest BCUT2D eigenvalue weighted by atomic mass is 16.5. The highest BCUT2D eigenvalue weighted by Gasteiger charge is 2.30. The van der Waals surface area contributed by atoms with Gasteiger partial charge in [-0.3, -0.25) is 9.59 Å². The van der Waals surface area contributed by atoms with Crippen LogP contribution in [0.5, 0.6) is 0 Å². The zero-order valence-electron chi connectivity index (χ0n) is 18.6. The number of hydrogen-bond acceptors (Lipinski definition) is 5. The molecule has 3 N–H and O–H groups in total. The first-order valence-electron chi connectivity index (χ1n) is 10.7. The zero-order valence-corrected chi connectivity index (χ0v) is 18.6. The van der Waals surface area contributed by atoms with Gasteiger partial charge in [-0.25, -0.2) is 4.79 Å². The monoisotopic (exact) mass is 449 g/mol. The fourth-order valence-corrected chi connectivity index (χ4v) is 3.79. The minimum absolute atomic E-state index is 0.0677. The van der Waals surface area contributed by atoms with Crippen molar-refractivity contribution < 1.29 is 24.2 Å². The van der Waals surface area contributed by atoms with Crippen LogP contribution in [0.25, 0.3) is 11.1 Å². The first-order valence-corrected chi connectivity index (χ1v) is 10.7. The molecule has 0 aliphatic heterocycles. The summed E-state index contributed by atoms with van der Waals surface area (Å²) in [7, 11) is 0. The minimum atomic E-state index is -1.09. The lowest BCUT2D eigenvalue weighted by Crippen LogP contribution is -2.49. The summed E-state index contributed by atoms with van der Waals surface area (Å²) in [4.78, 5) is 36.1. The van der Waals surface area contributed by atoms with E-state index in [-0.39, 0.29) is 31.9 Å². The number of nitrogens with zero attached hydrogens (tertiary/aromatic N) is 1. The molecule has 0 heterocycles. The van der Waals surface area contributed by atoms with Gasteiger partial charge in [-0.2, -0.15) is 5.26 Å². The molecule has 2 aromatic rings. The maximum Gasteiger partial charge on any atom is 0.407 e. The third-order valence-corrected chi connectivity index (χ3v) is 5.61. The van der Waals surface area contributed by atoms with E-state index >= 15 is 0 Å². The molecule has 0 saturated carbocycles. The van der Waals surface area contributed by atoms with Crippen LogP contribution in [0.2, 0.25) is 0 Å². The number of fused-ring (bicyclic) bond motifs is 3. The molecule has 0 bridgehead atoms. The number of amides is 2. The van der Waals surface area contributed by atoms with Crippen molar-refractivity contribution in [1.29, 1.82) is 5.26 Å². The van der Waals surface area contributed by atoms with Crippen LogP contribution in [-0.4, -0.2) is 42.3 Å². The van der Waals surface area contributed by atoms with Crippen LogP contribution in [-0.2, 0) is 14.3 Å². The second-order valence-electron chi connectivity index (χ2n) is 8.67. The van der Waals surface area contributed by atoms with Crippen LogP contribution in [0.15, 0.2) is 48.5 Å². The molecule has 0 fully saturated rings. The molecule has 1 aliphatic carbocycles. The summed E-state index contributed by atoms with van der Waals surface area (Å²) >= 11 is 0. The summed E-state index contributed by atoms with van der Waals surface area (Å²) < 4.78 is 5.46. The van der Waals surface area contributed by atoms with Gasteiger partial charge in [0.1, 0.15) is 12.6 Å². The van der Waals surface area contributed by atoms with E-state index in [1.165, 1.54) is 0 Å². The lowest BCUT2D eigenvalue weighted by molar-refractivity contribution is -0.137. The third-order valence-electron chi connectivity index (χ3n) is 5.61. The van der Waals surface area contributed by atoms with Gasteiger partial charge in [0, 0.05) is 18.9 Å². The van der Waals surface area contributed by atoms with Crippen molar-refractivity contribution in [2.45, 2.75) is 38.6 Å². The van der Waals surface area contributed by atoms with E-state index < -0.39 is 29.4 Å². The Morgan fingerprint density at radius 3 is 2.21 bits per heavy atom. The highest BCUT2D eigenvalue weighted by Crippen LogP contribution is 2.44. The Hall–Kier alpha value is -3.86. The van der Waals surface area contributed by atoms with Crippen molar-refractivity contribution in [1.82, 2.24) is 10.6 Å². The van der Waals surface area contributed by atoms with Crippen LogP contribution in [0.1, 0.15) is 43.7 Å². The minimum Gasteiger partial charge on any atom is -0.481 e. The van der Waals surface area contributed by atoms with Gasteiger partial charge in [0.2, 0.25) is 5.91 Å². The van der Waals surface area contributed by atoms with E-state index in [1.54, 1.807) is 13.8 Å². The number of benzene rings is 2. The molecule has 1 atom stereocenters. The van der Waals surface area contributed by atoms with Crippen LogP contribution >= 0.6 is 0 Å². The number of nitriles is 1. The van der Waals surface area contributed by atoms with Gasteiger partial charge in [-0.1, -0.05) is 48.5 Å². The Balaban J connectivity index is 1.65. The maximum absolute atomic E-state index is 12.6. The fraction of sp³-hybridized carbons (Fsp3) is 0.360. The number of rotatable bonds is 9. The predicted molar refractivity (Wildman–Crippen MR) is 121 cm³/mol. The molecule has 1 unspecified atom stereocenters. The van der Waals surface area contributed by atoms with E-state index in [4.69, 9.17) is 15.1 Å². The molecule has 0 aromatic heterocycles. The second-order valence-corrected chi connectivity index (χ2v) is 8.67. The molecule has 0 radical (unpaired) electrons. The molecule has 0 spiro atoms. The number of aliphatic carboxylic acids is 1. The Morgan fingerprint density at radius 2 is 1.67 bits per heavy atom. The number of carbonyl (C=O) groups excluding carboxylic acids is 2. The molecule has 1 aliphatic rings. The molecule has 0 saturated heterocycles. The van der Waals surface area contributed by atoms with Crippen LogP contribution < -0.4 is 10.6 Å². The van der Waals surface area contributed by atoms with Gasteiger partial charge >= 0.3 is 12.1 Å². The van der Waals surface area contributed by atoms with Gasteiger partial charge in [0.05, 0.1) is 11.5 Å². The molecule has 8 nitrogen and oxygen atoms in total. The number of hydrogen-bond donors (Lipinski definition) is 3. The molecule has 2 aromatic carbocycles. The number of ether oxygens (including phenoxy) is 1. The predicted octanol–water partition coefficient (Wildman–Crippen LogP) is 3.42. The number of alkyl carbamates (subject to hydrolysis) is 1. The summed E-state index contributed by atoms with van der Waals surface area (Å²) in [5.41, 5.74) is 3.52. The number of carboxylic acid groups (broad SMARTS) is 1. The second kappa shape index (κ2) is 10.2. The van der Waals surface area contributed by atoms with E-state index in [0.717, 1.165) is 22.3 Å². The average Bonchev–Trinajstić information content (AvgIpc) is 3.12. The topological polar surface area (TPSA) is 129 Å². The van der Waals surface area contributed by atoms with Gasteiger partial charge in [0.25, 0.3) is 0 Å². The first-order chi connectivity index (χ1) is 15.7. The molecular formula is C25H27N3O5. The Morgan fingerprint density at radius 1 is 1.09 bits per heavy atom. The summed E-state index contributed by atoms with van der Waals surface area (Å²) in [5.74, 6) is -1.78. The SMILES string of the molecule is CC(C)(C#N)CNC(=O)C(CCC(=O)O)NC(=O)OCC1c2ccccc2-c2ccccc21. The summed E-state index contributed by atoms with van der Waals surface area (Å²) in [6, 6.07) is 16.8. The van der Waals surface area contributed by atoms with Crippen molar-refractivity contribution in [2.24, 2.45) is 5.41 Å². The van der Waals surface area contributed by atoms with Crippen molar-refractivity contribution in [3.05, 3.63) is 59.7 Å². The van der Waals surface area contributed by atoms with E-state index in [9.17, 15) is 14.4 Å². The number of carbonyl (C=O) groups is 3. The van der Waals surface area contributed by atoms with Gasteiger partial charge in [-0.15, -0.1) is 0 Å². The van der Waals surface area contributed by atoms with Gasteiger partial charge < -0.3 is 20.5 Å². The first kappa shape index (κ1) is 23.8. The van der Waals surface area contributed by atoms with Crippen molar-refractivity contribution in [2.75, 3.05) is 13.2 Å². The normalized spacial score (nSPS) is 13.2. The van der Waals surface area contributed by atoms with Crippen LogP contribution in [0.3, 0.4) is 0 Å². The summed E-state index contributed by atoms with van der Waals surface area (Å²) in [6.45, 7) is 3.48. The van der Waals surface area contributed by atoms with Crippen LogP contribution in [0.4, 0.5) is 4.79 Å². The standard InChI is InChI=1S/C25H27N3O5/c1-25(2,14-26)15-27-23(31)21(11-12-22(29)30)28-24(32)33-13-20-18-9-5-3-7-16(18)17-8-4-6-10-19(17)20/h3-10,20-21H,11-13,15H2,1-2H3,(H,27,31)(H,28,32)(H,29,30). The van der Waals surface area contributed by atoms with Crippen molar-refractivity contribution in [3.63, 3.8) is 0 Å². The third kappa shape index (κ3) is 5.89. The number of nitrogens with one attached hydrogen (secondary N) is 2. The molecular weight excluding hydrogens is 422 g/mol. The molecule has 2 amide bonds. The van der Waals surface area contributed by atoms with Crippen molar-refractivity contribution in [3.8, 4) is 17.2 Å². The number of carboxylic acids is 1. The zero-order chi connectivity index (χ0) is 24.0. The van der Waals surface area contributed by atoms with Crippen molar-refractivity contribution >= 4 is 18.0 Å². The Labute approximate surface area is 192 Å². The average molecular weight is 450 g/mol. The van der Waals surface area contributed by atoms with Crippen LogP contribution in [0, 0.1) is 16.7 Å². The fourth-order valence-electron chi connectivity index (χ4n) is 3.79. The highest BCUT2D eigenvalue weighted by molar-refractivity contribution is 5.86. The van der Waals surface area contributed by atoms with Gasteiger partial charge in [0.15, 0.2) is 0 Å². The lowest BCUT2D eigenvalue weighted by Gasteiger charge is -2.21. The van der Waals surface area contributed by atoms with E-state index in [0.29, 0.717) is 0 Å². The quantitative estimate of drug-likeness (QED) is 0.538. The van der Waals surface area contributed by atoms with E-state index in [2.05, 4.69) is 16.7 Å². The van der Waals surface area contributed by atoms with Gasteiger partial charge in [-0.05, 0) is 42.5 Å². The smallest absolute Gasteiger partial charge is 0.407 e. The molecule has 8 heteroatoms. The summed E-state index contributed by atoms with van der Waals surface area (Å²) in [6.07, 6.45) is -1.20. The summed E-state index contributed by atoms with van der Waals surface area (Å²) in [5, 5.41) is 23.2. The largest absolute Gasteiger partial charge is 0.481 e. The molecule has 172 valence electrons. The lowest BCUT2D eigenvalue weighted by atomic mass is 9.96. The Kier molecular flexibility index (Phi) is 7.34. The molecule has 3 rings (SSSR count).